The first-order valence-electron chi connectivity index (χ1n) is 5.76. The Balaban J connectivity index is 3.19. The summed E-state index contributed by atoms with van der Waals surface area (Å²) in [6.07, 6.45) is 0. The molecule has 0 fully saturated rings. The number of amides is 1. The van der Waals surface area contributed by atoms with Crippen LogP contribution in [0, 0.1) is 0 Å². The van der Waals surface area contributed by atoms with E-state index in [4.69, 9.17) is 0 Å². The van der Waals surface area contributed by atoms with Crippen molar-refractivity contribution in [2.24, 2.45) is 0 Å². The third-order valence-corrected chi connectivity index (χ3v) is 3.14. The molecule has 1 rings (SSSR count). The molecule has 1 atom stereocenters. The van der Waals surface area contributed by atoms with Gasteiger partial charge < -0.3 is 4.90 Å². The molecule has 1 amide bonds. The molecule has 0 aromatic heterocycles. The second kappa shape index (κ2) is 5.21. The van der Waals surface area contributed by atoms with Crippen LogP contribution in [0.3, 0.4) is 0 Å². The molecule has 1 unspecified atom stereocenters. The fourth-order valence-electron chi connectivity index (χ4n) is 1.79. The molecule has 0 aliphatic rings. The zero-order chi connectivity index (χ0) is 13.2. The van der Waals surface area contributed by atoms with Crippen molar-refractivity contribution in [1.29, 1.82) is 0 Å². The van der Waals surface area contributed by atoms with E-state index in [9.17, 15) is 4.79 Å². The van der Waals surface area contributed by atoms with Crippen molar-refractivity contribution < 1.29 is 4.79 Å². The number of halogens is 1. The quantitative estimate of drug-likeness (QED) is 0.762. The zero-order valence-electron chi connectivity index (χ0n) is 11.1. The van der Waals surface area contributed by atoms with E-state index in [-0.39, 0.29) is 16.1 Å². The van der Waals surface area contributed by atoms with Gasteiger partial charge in [-0.15, -0.1) is 0 Å². The molecule has 0 spiro atoms. The largest absolute Gasteiger partial charge is 0.314 e. The highest BCUT2D eigenvalue weighted by molar-refractivity contribution is 9.10. The molecule has 2 nitrogen and oxygen atoms in total. The highest BCUT2D eigenvalue weighted by Gasteiger charge is 2.23. The number of anilines is 1. The van der Waals surface area contributed by atoms with Gasteiger partial charge in [0.05, 0.1) is 4.83 Å². The van der Waals surface area contributed by atoms with E-state index in [1.165, 1.54) is 5.56 Å². The van der Waals surface area contributed by atoms with Crippen molar-refractivity contribution in [3.63, 3.8) is 0 Å². The summed E-state index contributed by atoms with van der Waals surface area (Å²) in [5.41, 5.74) is 2.20. The van der Waals surface area contributed by atoms with E-state index >= 15 is 0 Å². The van der Waals surface area contributed by atoms with Gasteiger partial charge in [0.25, 0.3) is 0 Å². The van der Waals surface area contributed by atoms with Gasteiger partial charge in [-0.3, -0.25) is 4.79 Å². The molecule has 0 bridgehead atoms. The van der Waals surface area contributed by atoms with Crippen molar-refractivity contribution in [1.82, 2.24) is 0 Å². The third-order valence-electron chi connectivity index (χ3n) is 2.74. The highest BCUT2D eigenvalue weighted by atomic mass is 79.9. The highest BCUT2D eigenvalue weighted by Crippen LogP contribution is 2.31. The summed E-state index contributed by atoms with van der Waals surface area (Å²) >= 11 is 3.32. The summed E-state index contributed by atoms with van der Waals surface area (Å²) in [7, 11) is 1.82. The smallest absolute Gasteiger partial charge is 0.240 e. The topological polar surface area (TPSA) is 20.3 Å². The molecule has 0 aliphatic carbocycles. The van der Waals surface area contributed by atoms with Gasteiger partial charge in [0, 0.05) is 12.7 Å². The molecular formula is C14H20BrNO. The third kappa shape index (κ3) is 3.32. The van der Waals surface area contributed by atoms with E-state index < -0.39 is 0 Å². The number of carbonyl (C=O) groups is 1. The number of hydrogen-bond donors (Lipinski definition) is 0. The first-order valence-corrected chi connectivity index (χ1v) is 6.68. The predicted octanol–water partition coefficient (Wildman–Crippen LogP) is 3.73. The summed E-state index contributed by atoms with van der Waals surface area (Å²) in [6.45, 7) is 8.31. The lowest BCUT2D eigenvalue weighted by atomic mass is 9.85. The maximum Gasteiger partial charge on any atom is 0.240 e. The van der Waals surface area contributed by atoms with Crippen LogP contribution in [0.4, 0.5) is 5.69 Å². The normalized spacial score (nSPS) is 13.3. The molecule has 1 aromatic rings. The van der Waals surface area contributed by atoms with Crippen LogP contribution in [-0.2, 0) is 10.2 Å². The van der Waals surface area contributed by atoms with Crippen LogP contribution in [0.5, 0.6) is 0 Å². The Hall–Kier alpha value is -0.830. The first kappa shape index (κ1) is 14.2. The van der Waals surface area contributed by atoms with Crippen LogP contribution in [0.15, 0.2) is 24.3 Å². The van der Waals surface area contributed by atoms with Crippen molar-refractivity contribution in [2.75, 3.05) is 11.9 Å². The molecule has 17 heavy (non-hydrogen) atoms. The maximum atomic E-state index is 12.0. The molecule has 3 heteroatoms. The van der Waals surface area contributed by atoms with E-state index in [2.05, 4.69) is 42.8 Å². The van der Waals surface area contributed by atoms with Gasteiger partial charge >= 0.3 is 0 Å². The summed E-state index contributed by atoms with van der Waals surface area (Å²) < 4.78 is 0. The van der Waals surface area contributed by atoms with Gasteiger partial charge in [0.15, 0.2) is 0 Å². The standard InChI is InChI=1S/C14H20BrNO/c1-10(15)13(17)16(5)12-9-7-6-8-11(12)14(2,3)4/h6-10H,1-5H3. The molecule has 1 aromatic carbocycles. The van der Waals surface area contributed by atoms with Gasteiger partial charge in [0.2, 0.25) is 5.91 Å². The number of hydrogen-bond acceptors (Lipinski definition) is 1. The second-order valence-electron chi connectivity index (χ2n) is 5.28. The molecule has 0 saturated heterocycles. The van der Waals surface area contributed by atoms with Crippen LogP contribution in [-0.4, -0.2) is 17.8 Å². The second-order valence-corrected chi connectivity index (χ2v) is 6.65. The average Bonchev–Trinajstić information content (AvgIpc) is 2.25. The Kier molecular flexibility index (Phi) is 4.36. The number of para-hydroxylation sites is 1. The fraction of sp³-hybridized carbons (Fsp3) is 0.500. The number of rotatable bonds is 2. The molecule has 94 valence electrons. The minimum absolute atomic E-state index is 0.0285. The average molecular weight is 298 g/mol. The lowest BCUT2D eigenvalue weighted by molar-refractivity contribution is -0.117. The van der Waals surface area contributed by atoms with Crippen LogP contribution in [0.1, 0.15) is 33.3 Å². The van der Waals surface area contributed by atoms with Gasteiger partial charge in [-0.25, -0.2) is 0 Å². The summed E-state index contributed by atoms with van der Waals surface area (Å²) in [6, 6.07) is 8.05. The Bertz CT molecular complexity index is 407. The minimum Gasteiger partial charge on any atom is -0.314 e. The molecule has 0 saturated carbocycles. The summed E-state index contributed by atoms with van der Waals surface area (Å²) in [5, 5.41) is 0. The van der Waals surface area contributed by atoms with Crippen molar-refractivity contribution in [3.05, 3.63) is 29.8 Å². The van der Waals surface area contributed by atoms with Crippen LogP contribution < -0.4 is 4.90 Å². The molecular weight excluding hydrogens is 278 g/mol. The van der Waals surface area contributed by atoms with E-state index in [1.54, 1.807) is 4.90 Å². The van der Waals surface area contributed by atoms with Gasteiger partial charge in [0.1, 0.15) is 0 Å². The van der Waals surface area contributed by atoms with Gasteiger partial charge in [-0.2, -0.15) is 0 Å². The Labute approximate surface area is 112 Å². The van der Waals surface area contributed by atoms with Gasteiger partial charge in [-0.1, -0.05) is 54.9 Å². The lowest BCUT2D eigenvalue weighted by Gasteiger charge is -2.28. The van der Waals surface area contributed by atoms with Gasteiger partial charge in [-0.05, 0) is 24.0 Å². The molecule has 0 radical (unpaired) electrons. The lowest BCUT2D eigenvalue weighted by Crippen LogP contribution is -2.33. The molecule has 0 N–H and O–H groups in total. The molecule has 0 aliphatic heterocycles. The number of carbonyl (C=O) groups excluding carboxylic acids is 1. The Morgan fingerprint density at radius 2 is 1.82 bits per heavy atom. The number of alkyl halides is 1. The zero-order valence-corrected chi connectivity index (χ0v) is 12.7. The number of benzene rings is 1. The van der Waals surface area contributed by atoms with Crippen molar-refractivity contribution >= 4 is 27.5 Å². The summed E-state index contributed by atoms with van der Waals surface area (Å²) in [4.78, 5) is 13.6. The van der Waals surface area contributed by atoms with E-state index in [0.717, 1.165) is 5.69 Å². The van der Waals surface area contributed by atoms with Crippen molar-refractivity contribution in [2.45, 2.75) is 37.9 Å². The summed E-state index contributed by atoms with van der Waals surface area (Å²) in [5.74, 6) is 0.0710. The Morgan fingerprint density at radius 3 is 2.29 bits per heavy atom. The van der Waals surface area contributed by atoms with Crippen LogP contribution >= 0.6 is 15.9 Å². The van der Waals surface area contributed by atoms with Crippen LogP contribution in [0.25, 0.3) is 0 Å². The predicted molar refractivity (Wildman–Crippen MR) is 76.9 cm³/mol. The fourth-order valence-corrected chi connectivity index (χ4v) is 2.09. The Morgan fingerprint density at radius 1 is 1.29 bits per heavy atom. The van der Waals surface area contributed by atoms with Crippen molar-refractivity contribution in [3.8, 4) is 0 Å². The SMILES string of the molecule is CC(Br)C(=O)N(C)c1ccccc1C(C)(C)C. The number of nitrogens with zero attached hydrogens (tertiary/aromatic N) is 1. The first-order chi connectivity index (χ1) is 7.75. The molecule has 0 heterocycles. The maximum absolute atomic E-state index is 12.0. The van der Waals surface area contributed by atoms with Crippen LogP contribution in [0.2, 0.25) is 0 Å². The minimum atomic E-state index is -0.166. The van der Waals surface area contributed by atoms with E-state index in [0.29, 0.717) is 0 Å². The van der Waals surface area contributed by atoms with E-state index in [1.807, 2.05) is 32.2 Å². The monoisotopic (exact) mass is 297 g/mol.